The molecule has 1 aliphatic carbocycles. The molecule has 1 atom stereocenters. The smallest absolute Gasteiger partial charge is 0.177 e. The van der Waals surface area contributed by atoms with Crippen LogP contribution in [0, 0.1) is 11.3 Å². The Kier molecular flexibility index (Phi) is 7.39. The number of ketones is 3. The molecular weight excluding hydrogens is 396 g/mol. The fraction of sp³-hybridized carbons (Fsp3) is 0.320. The summed E-state index contributed by atoms with van der Waals surface area (Å²) in [5.41, 5.74) is 0.703. The first-order chi connectivity index (χ1) is 14.5. The van der Waals surface area contributed by atoms with Crippen molar-refractivity contribution < 1.29 is 29.7 Å². The number of hydrogen-bond acceptors (Lipinski definition) is 6. The predicted octanol–water partition coefficient (Wildman–Crippen LogP) is 4.59. The Labute approximate surface area is 181 Å². The summed E-state index contributed by atoms with van der Waals surface area (Å²) in [5, 5.41) is 29.6. The molecular formula is C25H28O6. The van der Waals surface area contributed by atoms with E-state index in [0.29, 0.717) is 18.4 Å². The zero-order chi connectivity index (χ0) is 23.3. The van der Waals surface area contributed by atoms with Crippen molar-refractivity contribution in [2.24, 2.45) is 11.3 Å². The second kappa shape index (κ2) is 9.60. The molecule has 164 valence electrons. The van der Waals surface area contributed by atoms with E-state index < -0.39 is 28.7 Å². The van der Waals surface area contributed by atoms with Crippen LogP contribution in [0.1, 0.15) is 45.1 Å². The maximum Gasteiger partial charge on any atom is 0.177 e. The van der Waals surface area contributed by atoms with Crippen molar-refractivity contribution in [3.8, 4) is 11.5 Å². The number of rotatable bonds is 9. The Morgan fingerprint density at radius 2 is 1.61 bits per heavy atom. The number of carbonyl (C=O) groups excluding carboxylic acids is 3. The molecule has 6 nitrogen and oxygen atoms in total. The molecule has 0 fully saturated rings. The number of carbonyl (C=O) groups is 3. The highest BCUT2D eigenvalue weighted by Crippen LogP contribution is 2.44. The van der Waals surface area contributed by atoms with E-state index in [-0.39, 0.29) is 30.1 Å². The number of phenols is 2. The lowest BCUT2D eigenvalue weighted by Crippen LogP contribution is -2.47. The van der Waals surface area contributed by atoms with Crippen molar-refractivity contribution in [3.05, 3.63) is 66.0 Å². The van der Waals surface area contributed by atoms with Crippen molar-refractivity contribution in [3.63, 3.8) is 0 Å². The highest BCUT2D eigenvalue weighted by atomic mass is 16.3. The summed E-state index contributed by atoms with van der Waals surface area (Å²) in [6.45, 7) is 11.3. The number of aliphatic hydroxyl groups is 1. The van der Waals surface area contributed by atoms with Gasteiger partial charge in [0.05, 0.1) is 5.41 Å². The number of allylic oxidation sites excluding steroid dienone is 5. The van der Waals surface area contributed by atoms with E-state index >= 15 is 0 Å². The van der Waals surface area contributed by atoms with Gasteiger partial charge in [-0.25, -0.2) is 0 Å². The van der Waals surface area contributed by atoms with E-state index in [1.165, 1.54) is 24.3 Å². The van der Waals surface area contributed by atoms with Crippen LogP contribution >= 0.6 is 0 Å². The summed E-state index contributed by atoms with van der Waals surface area (Å²) < 4.78 is 0. The van der Waals surface area contributed by atoms with Gasteiger partial charge in [-0.1, -0.05) is 23.3 Å². The van der Waals surface area contributed by atoms with Crippen LogP contribution in [-0.2, 0) is 14.4 Å². The maximum absolute atomic E-state index is 13.4. The van der Waals surface area contributed by atoms with Gasteiger partial charge in [0.2, 0.25) is 0 Å². The van der Waals surface area contributed by atoms with Gasteiger partial charge in [-0.3, -0.25) is 14.4 Å². The fourth-order valence-corrected chi connectivity index (χ4v) is 3.56. The molecule has 0 saturated carbocycles. The van der Waals surface area contributed by atoms with Crippen molar-refractivity contribution in [2.45, 2.75) is 39.5 Å². The third-order valence-corrected chi connectivity index (χ3v) is 5.47. The predicted molar refractivity (Wildman–Crippen MR) is 119 cm³/mol. The summed E-state index contributed by atoms with van der Waals surface area (Å²) in [5.74, 6) is -4.61. The lowest BCUT2D eigenvalue weighted by atomic mass is 9.64. The van der Waals surface area contributed by atoms with Crippen LogP contribution in [-0.4, -0.2) is 32.7 Å². The molecule has 6 heteroatoms. The minimum Gasteiger partial charge on any atom is -0.511 e. The molecule has 0 heterocycles. The van der Waals surface area contributed by atoms with Crippen LogP contribution in [0.2, 0.25) is 0 Å². The highest BCUT2D eigenvalue weighted by Gasteiger charge is 2.51. The van der Waals surface area contributed by atoms with Crippen molar-refractivity contribution in [1.82, 2.24) is 0 Å². The number of phenolic OH excluding ortho intramolecular Hbond substituents is 2. The van der Waals surface area contributed by atoms with E-state index in [4.69, 9.17) is 0 Å². The SMILES string of the molecule is C=C(C)CCC1(CCC(=C)C)C(=O)C(C(=O)C=Cc2ccc(O)c(O)c2)C(=O)C=C1O. The van der Waals surface area contributed by atoms with Gasteiger partial charge in [-0.05, 0) is 63.3 Å². The zero-order valence-corrected chi connectivity index (χ0v) is 17.9. The Morgan fingerprint density at radius 1 is 1.03 bits per heavy atom. The minimum atomic E-state index is -1.55. The maximum atomic E-state index is 13.4. The molecule has 1 unspecified atom stereocenters. The van der Waals surface area contributed by atoms with Crippen molar-refractivity contribution in [1.29, 1.82) is 0 Å². The van der Waals surface area contributed by atoms with Gasteiger partial charge in [0.25, 0.3) is 0 Å². The van der Waals surface area contributed by atoms with E-state index in [2.05, 4.69) is 13.2 Å². The molecule has 3 N–H and O–H groups in total. The van der Waals surface area contributed by atoms with Crippen molar-refractivity contribution >= 4 is 23.4 Å². The lowest BCUT2D eigenvalue weighted by Gasteiger charge is -2.37. The molecule has 0 aromatic heterocycles. The highest BCUT2D eigenvalue weighted by molar-refractivity contribution is 6.28. The third-order valence-electron chi connectivity index (χ3n) is 5.47. The first kappa shape index (κ1) is 23.9. The van der Waals surface area contributed by atoms with Crippen molar-refractivity contribution in [2.75, 3.05) is 0 Å². The summed E-state index contributed by atoms with van der Waals surface area (Å²) >= 11 is 0. The van der Waals surface area contributed by atoms with Gasteiger partial charge in [0.15, 0.2) is 28.8 Å². The van der Waals surface area contributed by atoms with Gasteiger partial charge in [0.1, 0.15) is 11.7 Å². The Balaban J connectivity index is 2.39. The van der Waals surface area contributed by atoms with E-state index in [9.17, 15) is 29.7 Å². The van der Waals surface area contributed by atoms with Gasteiger partial charge < -0.3 is 15.3 Å². The quantitative estimate of drug-likeness (QED) is 0.231. The average Bonchev–Trinajstić information content (AvgIpc) is 2.68. The van der Waals surface area contributed by atoms with Gasteiger partial charge in [-0.2, -0.15) is 0 Å². The van der Waals surface area contributed by atoms with Gasteiger partial charge in [-0.15, -0.1) is 13.2 Å². The van der Waals surface area contributed by atoms with Gasteiger partial charge >= 0.3 is 0 Å². The van der Waals surface area contributed by atoms with E-state index in [1.54, 1.807) is 0 Å². The van der Waals surface area contributed by atoms with Crippen LogP contribution < -0.4 is 0 Å². The second-order valence-corrected chi connectivity index (χ2v) is 8.21. The lowest BCUT2D eigenvalue weighted by molar-refractivity contribution is -0.143. The Hall–Kier alpha value is -3.41. The van der Waals surface area contributed by atoms with Crippen LogP contribution in [0.4, 0.5) is 0 Å². The second-order valence-electron chi connectivity index (χ2n) is 8.21. The molecule has 0 radical (unpaired) electrons. The van der Waals surface area contributed by atoms with Crippen LogP contribution in [0.3, 0.4) is 0 Å². The molecule has 0 spiro atoms. The number of Topliss-reactive ketones (excluding diaryl/α,β-unsaturated/α-hetero) is 1. The number of aliphatic hydroxyl groups excluding tert-OH is 1. The normalized spacial score (nSPS) is 18.1. The molecule has 1 aromatic rings. The Bertz CT molecular complexity index is 977. The minimum absolute atomic E-state index is 0.239. The molecule has 1 aliphatic rings. The first-order valence-corrected chi connectivity index (χ1v) is 10.00. The number of hydrogen-bond donors (Lipinski definition) is 3. The zero-order valence-electron chi connectivity index (χ0n) is 17.9. The third kappa shape index (κ3) is 5.40. The van der Waals surface area contributed by atoms with E-state index in [1.807, 2.05) is 13.8 Å². The average molecular weight is 424 g/mol. The van der Waals surface area contributed by atoms with E-state index in [0.717, 1.165) is 23.3 Å². The molecule has 0 saturated heterocycles. The standard InChI is InChI=1S/C25H28O6/c1-15(2)9-11-25(12-10-16(3)4)22(30)14-21(29)23(24(25)31)19(27)8-6-17-5-7-18(26)20(28)13-17/h5-8,13-14,23,26,28,30H,1,3,9-12H2,2,4H3. The van der Waals surface area contributed by atoms with Crippen LogP contribution in [0.15, 0.2) is 60.4 Å². The first-order valence-electron chi connectivity index (χ1n) is 10.00. The summed E-state index contributed by atoms with van der Waals surface area (Å²) in [4.78, 5) is 38.8. The summed E-state index contributed by atoms with van der Waals surface area (Å²) in [6.07, 6.45) is 4.83. The summed E-state index contributed by atoms with van der Waals surface area (Å²) in [6, 6.07) is 3.98. The largest absolute Gasteiger partial charge is 0.511 e. The van der Waals surface area contributed by atoms with Crippen LogP contribution in [0.5, 0.6) is 11.5 Å². The molecule has 1 aromatic carbocycles. The number of aromatic hydroxyl groups is 2. The Morgan fingerprint density at radius 3 is 2.13 bits per heavy atom. The van der Waals surface area contributed by atoms with Crippen LogP contribution in [0.25, 0.3) is 6.08 Å². The van der Waals surface area contributed by atoms with Gasteiger partial charge in [0, 0.05) is 6.08 Å². The summed E-state index contributed by atoms with van der Waals surface area (Å²) in [7, 11) is 0. The molecule has 0 amide bonds. The fourth-order valence-electron chi connectivity index (χ4n) is 3.56. The number of benzene rings is 1. The molecule has 0 bridgehead atoms. The molecule has 0 aliphatic heterocycles. The topological polar surface area (TPSA) is 112 Å². The monoisotopic (exact) mass is 424 g/mol. The molecule has 2 rings (SSSR count). The molecule has 31 heavy (non-hydrogen) atoms.